The first kappa shape index (κ1) is 6.41. The Labute approximate surface area is 69.4 Å². The van der Waals surface area contributed by atoms with E-state index in [4.69, 9.17) is 0 Å². The monoisotopic (exact) mass is 196 g/mol. The zero-order chi connectivity index (χ0) is 7.14. The van der Waals surface area contributed by atoms with Crippen LogP contribution in [-0.2, 0) is 0 Å². The highest BCUT2D eigenvalue weighted by atomic mass is 79.9. The van der Waals surface area contributed by atoms with Crippen molar-refractivity contribution in [1.82, 2.24) is 0 Å². The van der Waals surface area contributed by atoms with Gasteiger partial charge in [-0.05, 0) is 30.9 Å². The lowest BCUT2D eigenvalue weighted by molar-refractivity contribution is 1.25. The van der Waals surface area contributed by atoms with E-state index in [1.54, 1.807) is 5.57 Å². The molecule has 2 aliphatic rings. The summed E-state index contributed by atoms with van der Waals surface area (Å²) in [5, 5.41) is 0. The predicted octanol–water partition coefficient (Wildman–Crippen LogP) is 3.32. The highest BCUT2D eigenvalue weighted by Crippen LogP contribution is 2.40. The molecule has 1 heteroatoms. The minimum atomic E-state index is 1.14. The van der Waals surface area contributed by atoms with Crippen molar-refractivity contribution in [3.8, 4) is 0 Å². The highest BCUT2D eigenvalue weighted by molar-refractivity contribution is 9.12. The Morgan fingerprint density at radius 1 is 1.20 bits per heavy atom. The Kier molecular flexibility index (Phi) is 1.34. The van der Waals surface area contributed by atoms with Crippen LogP contribution in [0.15, 0.2) is 33.4 Å². The zero-order valence-corrected chi connectivity index (χ0v) is 7.53. The summed E-state index contributed by atoms with van der Waals surface area (Å²) < 4.78 is 1.32. The predicted molar refractivity (Wildman–Crippen MR) is 47.0 cm³/mol. The first-order valence-corrected chi connectivity index (χ1v) is 4.33. The van der Waals surface area contributed by atoms with E-state index in [1.165, 1.54) is 15.6 Å². The van der Waals surface area contributed by atoms with Gasteiger partial charge in [0.25, 0.3) is 0 Å². The lowest BCUT2D eigenvalue weighted by atomic mass is 10.1. The van der Waals surface area contributed by atoms with Gasteiger partial charge in [-0.3, -0.25) is 0 Å². The van der Waals surface area contributed by atoms with Gasteiger partial charge in [-0.25, -0.2) is 0 Å². The van der Waals surface area contributed by atoms with Crippen LogP contribution in [0.1, 0.15) is 19.8 Å². The lowest BCUT2D eigenvalue weighted by Crippen LogP contribution is -1.77. The van der Waals surface area contributed by atoms with Crippen LogP contribution < -0.4 is 0 Å². The Balaban J connectivity index is 2.41. The molecule has 10 heavy (non-hydrogen) atoms. The molecule has 0 radical (unpaired) electrons. The molecule has 0 aromatic carbocycles. The van der Waals surface area contributed by atoms with Gasteiger partial charge < -0.3 is 0 Å². The smallest absolute Gasteiger partial charge is 0.0176 e. The summed E-state index contributed by atoms with van der Waals surface area (Å²) in [6.07, 6.45) is 6.83. The second-order valence-electron chi connectivity index (χ2n) is 2.80. The molecule has 0 aliphatic heterocycles. The van der Waals surface area contributed by atoms with Gasteiger partial charge in [0.2, 0.25) is 0 Å². The highest BCUT2D eigenvalue weighted by Gasteiger charge is 2.19. The standard InChI is InChI=1S/C9H9Br/c1-6-2-3-8-7(6)4-5-9(8)10/h2,5H,3-4H2,1H3. The van der Waals surface area contributed by atoms with Gasteiger partial charge in [0.05, 0.1) is 0 Å². The van der Waals surface area contributed by atoms with Gasteiger partial charge in [0.1, 0.15) is 0 Å². The Morgan fingerprint density at radius 2 is 1.90 bits per heavy atom. The fourth-order valence-electron chi connectivity index (χ4n) is 1.58. The van der Waals surface area contributed by atoms with Gasteiger partial charge >= 0.3 is 0 Å². The van der Waals surface area contributed by atoms with E-state index in [2.05, 4.69) is 35.0 Å². The normalized spacial score (nSPS) is 23.0. The lowest BCUT2D eigenvalue weighted by Gasteiger charge is -1.96. The molecule has 0 aromatic rings. The van der Waals surface area contributed by atoms with Gasteiger partial charge in [0.15, 0.2) is 0 Å². The van der Waals surface area contributed by atoms with Gasteiger partial charge in [-0.15, -0.1) is 0 Å². The van der Waals surface area contributed by atoms with Crippen LogP contribution >= 0.6 is 15.9 Å². The van der Waals surface area contributed by atoms with Crippen molar-refractivity contribution in [2.24, 2.45) is 0 Å². The molecule has 0 nitrogen and oxygen atoms in total. The molecule has 0 aromatic heterocycles. The van der Waals surface area contributed by atoms with Gasteiger partial charge in [-0.1, -0.05) is 33.7 Å². The molecule has 0 saturated heterocycles. The third kappa shape index (κ3) is 0.734. The Hall–Kier alpha value is -0.300. The Morgan fingerprint density at radius 3 is 2.60 bits per heavy atom. The SMILES string of the molecule is CC1=CCC2=C1CC=C2Br. The quantitative estimate of drug-likeness (QED) is 0.558. The molecule has 0 amide bonds. The first-order valence-electron chi connectivity index (χ1n) is 3.54. The minimum Gasteiger partial charge on any atom is -0.0768 e. The molecule has 0 atom stereocenters. The van der Waals surface area contributed by atoms with E-state index in [1.807, 2.05) is 0 Å². The maximum atomic E-state index is 3.54. The van der Waals surface area contributed by atoms with E-state index in [0.29, 0.717) is 0 Å². The summed E-state index contributed by atoms with van der Waals surface area (Å²) in [4.78, 5) is 0. The molecule has 0 fully saturated rings. The van der Waals surface area contributed by atoms with Crippen molar-refractivity contribution in [2.45, 2.75) is 19.8 Å². The summed E-state index contributed by atoms with van der Waals surface area (Å²) in [5.41, 5.74) is 4.53. The van der Waals surface area contributed by atoms with Crippen molar-refractivity contribution in [2.75, 3.05) is 0 Å². The van der Waals surface area contributed by atoms with Crippen LogP contribution in [0.25, 0.3) is 0 Å². The molecule has 0 bridgehead atoms. The molecule has 0 heterocycles. The molecular weight excluding hydrogens is 188 g/mol. The van der Waals surface area contributed by atoms with Crippen LogP contribution in [0.3, 0.4) is 0 Å². The molecule has 2 aliphatic carbocycles. The minimum absolute atomic E-state index is 1.14. The fourth-order valence-corrected chi connectivity index (χ4v) is 2.14. The molecule has 0 spiro atoms. The topological polar surface area (TPSA) is 0 Å². The van der Waals surface area contributed by atoms with Crippen LogP contribution in [-0.4, -0.2) is 0 Å². The second-order valence-corrected chi connectivity index (χ2v) is 3.66. The number of rotatable bonds is 0. The maximum absolute atomic E-state index is 3.54. The van der Waals surface area contributed by atoms with E-state index in [-0.39, 0.29) is 0 Å². The van der Waals surface area contributed by atoms with Crippen molar-refractivity contribution < 1.29 is 0 Å². The van der Waals surface area contributed by atoms with Crippen LogP contribution in [0, 0.1) is 0 Å². The summed E-state index contributed by atoms with van der Waals surface area (Å²) in [6.45, 7) is 2.20. The maximum Gasteiger partial charge on any atom is 0.0176 e. The summed E-state index contributed by atoms with van der Waals surface area (Å²) in [6, 6.07) is 0. The summed E-state index contributed by atoms with van der Waals surface area (Å²) in [7, 11) is 0. The summed E-state index contributed by atoms with van der Waals surface area (Å²) in [5.74, 6) is 0. The van der Waals surface area contributed by atoms with Crippen LogP contribution in [0.5, 0.6) is 0 Å². The average molecular weight is 197 g/mol. The van der Waals surface area contributed by atoms with Gasteiger partial charge in [-0.2, -0.15) is 0 Å². The van der Waals surface area contributed by atoms with E-state index in [0.717, 1.165) is 12.8 Å². The Bertz CT molecular complexity index is 238. The fraction of sp³-hybridized carbons (Fsp3) is 0.333. The number of hydrogen-bond donors (Lipinski definition) is 0. The number of hydrogen-bond acceptors (Lipinski definition) is 0. The van der Waals surface area contributed by atoms with E-state index >= 15 is 0 Å². The van der Waals surface area contributed by atoms with E-state index in [9.17, 15) is 0 Å². The van der Waals surface area contributed by atoms with Crippen molar-refractivity contribution in [3.63, 3.8) is 0 Å². The molecule has 0 unspecified atom stereocenters. The van der Waals surface area contributed by atoms with Crippen LogP contribution in [0.4, 0.5) is 0 Å². The van der Waals surface area contributed by atoms with Crippen LogP contribution in [0.2, 0.25) is 0 Å². The molecule has 52 valence electrons. The van der Waals surface area contributed by atoms with E-state index < -0.39 is 0 Å². The molecule has 2 rings (SSSR count). The van der Waals surface area contributed by atoms with Crippen molar-refractivity contribution in [1.29, 1.82) is 0 Å². The van der Waals surface area contributed by atoms with Gasteiger partial charge in [0, 0.05) is 4.48 Å². The third-order valence-corrected chi connectivity index (χ3v) is 3.03. The first-order chi connectivity index (χ1) is 4.79. The third-order valence-electron chi connectivity index (χ3n) is 2.23. The molecule has 0 saturated carbocycles. The molecule has 0 N–H and O–H groups in total. The number of allylic oxidation sites excluding steroid dienone is 6. The largest absolute Gasteiger partial charge is 0.0768 e. The summed E-state index contributed by atoms with van der Waals surface area (Å²) >= 11 is 3.54. The molecular formula is C9H9Br. The van der Waals surface area contributed by atoms with Crippen molar-refractivity contribution >= 4 is 15.9 Å². The number of halogens is 1. The second kappa shape index (κ2) is 2.09. The van der Waals surface area contributed by atoms with Crippen molar-refractivity contribution in [3.05, 3.63) is 33.4 Å². The average Bonchev–Trinajstić information content (AvgIpc) is 2.41. The zero-order valence-electron chi connectivity index (χ0n) is 5.95.